The van der Waals surface area contributed by atoms with Crippen molar-refractivity contribution in [3.63, 3.8) is 0 Å². The second-order valence-electron chi connectivity index (χ2n) is 5.26. The zero-order valence-corrected chi connectivity index (χ0v) is 14.0. The minimum Gasteiger partial charge on any atom is -0.461 e. The van der Waals surface area contributed by atoms with Crippen LogP contribution < -0.4 is 5.32 Å². The third kappa shape index (κ3) is 10.3. The molecule has 11 heteroatoms. The molecule has 142 valence electrons. The zero-order chi connectivity index (χ0) is 19.6. The van der Waals surface area contributed by atoms with Crippen LogP contribution in [0.3, 0.4) is 0 Å². The van der Waals surface area contributed by atoms with Gasteiger partial charge in [0.1, 0.15) is 18.2 Å². The molecule has 0 aromatic carbocycles. The molecular weight excluding hydrogens is 347 g/mol. The van der Waals surface area contributed by atoms with Crippen LogP contribution in [-0.2, 0) is 23.9 Å². The summed E-state index contributed by atoms with van der Waals surface area (Å²) >= 11 is 0. The first-order valence-corrected chi connectivity index (χ1v) is 7.30. The fourth-order valence-corrected chi connectivity index (χ4v) is 1.71. The molecule has 0 bridgehead atoms. The van der Waals surface area contributed by atoms with Gasteiger partial charge >= 0.3 is 18.4 Å². The Labute approximate surface area is 142 Å². The molecule has 0 rings (SSSR count). The molecule has 0 fully saturated rings. The highest BCUT2D eigenvalue weighted by atomic mass is 19.4. The van der Waals surface area contributed by atoms with E-state index < -0.39 is 48.5 Å². The van der Waals surface area contributed by atoms with Crippen molar-refractivity contribution in [1.82, 2.24) is 5.32 Å². The lowest BCUT2D eigenvalue weighted by molar-refractivity contribution is -0.172. The lowest BCUT2D eigenvalue weighted by Crippen LogP contribution is -2.47. The van der Waals surface area contributed by atoms with Crippen LogP contribution in [-0.4, -0.2) is 60.2 Å². The number of methoxy groups -OCH3 is 1. The first kappa shape index (κ1) is 22.7. The minimum absolute atomic E-state index is 0.245. The van der Waals surface area contributed by atoms with E-state index in [9.17, 15) is 27.6 Å². The number of Topliss-reactive ketones (excluding diaryl/α,β-unsaturated/α-hetero) is 1. The molecule has 0 aliphatic carbocycles. The minimum atomic E-state index is -4.52. The van der Waals surface area contributed by atoms with E-state index in [2.05, 4.69) is 14.8 Å². The van der Waals surface area contributed by atoms with Gasteiger partial charge in [-0.05, 0) is 20.3 Å². The van der Waals surface area contributed by atoms with E-state index in [-0.39, 0.29) is 12.8 Å². The maximum Gasteiger partial charge on any atom is 0.392 e. The van der Waals surface area contributed by atoms with Crippen LogP contribution in [0.4, 0.5) is 13.2 Å². The number of hydrogen-bond donors (Lipinski definition) is 1. The van der Waals surface area contributed by atoms with Crippen molar-refractivity contribution in [2.45, 2.75) is 57.5 Å². The van der Waals surface area contributed by atoms with Crippen molar-refractivity contribution < 1.29 is 41.8 Å². The van der Waals surface area contributed by atoms with Gasteiger partial charge in [0, 0.05) is 13.5 Å². The summed E-state index contributed by atoms with van der Waals surface area (Å²) in [5.41, 5.74) is 8.25. The number of nitrogens with one attached hydrogen (secondary N) is 1. The zero-order valence-electron chi connectivity index (χ0n) is 14.0. The molecule has 0 saturated carbocycles. The quantitative estimate of drug-likeness (QED) is 0.268. The Bertz CT molecular complexity index is 532. The number of carbonyl (C=O) groups excluding carboxylic acids is 3. The van der Waals surface area contributed by atoms with Gasteiger partial charge in [-0.3, -0.25) is 9.59 Å². The monoisotopic (exact) mass is 367 g/mol. The van der Waals surface area contributed by atoms with Crippen LogP contribution in [0.2, 0.25) is 0 Å². The molecule has 0 spiro atoms. The van der Waals surface area contributed by atoms with Gasteiger partial charge < -0.3 is 20.3 Å². The number of amides is 1. The molecule has 0 aromatic heterocycles. The van der Waals surface area contributed by atoms with Crippen molar-refractivity contribution in [2.75, 3.05) is 7.11 Å². The van der Waals surface area contributed by atoms with E-state index in [0.29, 0.717) is 6.21 Å². The number of ketones is 1. The van der Waals surface area contributed by atoms with Crippen LogP contribution in [0.15, 0.2) is 0 Å². The van der Waals surface area contributed by atoms with Gasteiger partial charge in [-0.15, -0.1) is 0 Å². The maximum absolute atomic E-state index is 12.3. The number of esters is 1. The molecule has 0 heterocycles. The average molecular weight is 367 g/mol. The molecule has 0 radical (unpaired) electrons. The molecule has 0 saturated heterocycles. The summed E-state index contributed by atoms with van der Waals surface area (Å²) in [5, 5.41) is 2.25. The number of rotatable bonds is 10. The van der Waals surface area contributed by atoms with Crippen LogP contribution in [0, 0.1) is 0 Å². The number of halogens is 3. The SMILES string of the molecule is CO[C@H](C)C(=O)N[C@@H](CCC(=O)C=[N+]=[N-])C(=O)O[C@H](C)CC(F)(F)F. The first-order chi connectivity index (χ1) is 11.5. The second-order valence-corrected chi connectivity index (χ2v) is 5.26. The van der Waals surface area contributed by atoms with Gasteiger partial charge in [0.2, 0.25) is 11.7 Å². The Kier molecular flexibility index (Phi) is 9.62. The largest absolute Gasteiger partial charge is 0.461 e. The summed E-state index contributed by atoms with van der Waals surface area (Å²) in [6.45, 7) is 2.46. The van der Waals surface area contributed by atoms with Crippen molar-refractivity contribution in [3.05, 3.63) is 5.53 Å². The van der Waals surface area contributed by atoms with Crippen LogP contribution in [0.5, 0.6) is 0 Å². The van der Waals surface area contributed by atoms with E-state index in [1.165, 1.54) is 14.0 Å². The topological polar surface area (TPSA) is 118 Å². The molecule has 1 N–H and O–H groups in total. The van der Waals surface area contributed by atoms with Crippen molar-refractivity contribution in [3.8, 4) is 0 Å². The van der Waals surface area contributed by atoms with E-state index in [0.717, 1.165) is 6.92 Å². The molecule has 0 aliphatic heterocycles. The maximum atomic E-state index is 12.3. The molecule has 0 aliphatic rings. The number of hydrogen-bond acceptors (Lipinski definition) is 5. The van der Waals surface area contributed by atoms with E-state index >= 15 is 0 Å². The number of alkyl halides is 3. The van der Waals surface area contributed by atoms with Crippen LogP contribution in [0.1, 0.15) is 33.1 Å². The normalized spacial score (nSPS) is 14.6. The van der Waals surface area contributed by atoms with Crippen LogP contribution >= 0.6 is 0 Å². The summed E-state index contributed by atoms with van der Waals surface area (Å²) < 4.78 is 46.3. The van der Waals surface area contributed by atoms with Gasteiger partial charge in [0.25, 0.3) is 0 Å². The Morgan fingerprint density at radius 1 is 1.28 bits per heavy atom. The Morgan fingerprint density at radius 2 is 1.88 bits per heavy atom. The Balaban J connectivity index is 4.95. The second kappa shape index (κ2) is 10.6. The fraction of sp³-hybridized carbons (Fsp3) is 0.714. The Morgan fingerprint density at radius 3 is 2.36 bits per heavy atom. The molecule has 0 aromatic rings. The summed E-state index contributed by atoms with van der Waals surface area (Å²) in [5.74, 6) is -2.45. The summed E-state index contributed by atoms with van der Waals surface area (Å²) in [6, 6.07) is -1.35. The molecule has 25 heavy (non-hydrogen) atoms. The highest BCUT2D eigenvalue weighted by Crippen LogP contribution is 2.23. The van der Waals surface area contributed by atoms with Crippen molar-refractivity contribution in [1.29, 1.82) is 0 Å². The number of carbonyl (C=O) groups is 3. The first-order valence-electron chi connectivity index (χ1n) is 7.30. The van der Waals surface area contributed by atoms with Gasteiger partial charge in [-0.25, -0.2) is 4.79 Å². The Hall–Kier alpha value is -2.26. The highest BCUT2D eigenvalue weighted by Gasteiger charge is 2.33. The lowest BCUT2D eigenvalue weighted by Gasteiger charge is -2.22. The molecule has 8 nitrogen and oxygen atoms in total. The summed E-state index contributed by atoms with van der Waals surface area (Å²) in [6.07, 6.45) is -8.17. The molecule has 1 amide bonds. The summed E-state index contributed by atoms with van der Waals surface area (Å²) in [4.78, 5) is 37.7. The molecular formula is C14H20F3N3O5. The molecule has 3 atom stereocenters. The van der Waals surface area contributed by atoms with Gasteiger partial charge in [0.15, 0.2) is 0 Å². The van der Waals surface area contributed by atoms with Gasteiger partial charge in [-0.1, -0.05) is 0 Å². The number of nitrogens with zero attached hydrogens (tertiary/aromatic N) is 2. The fourth-order valence-electron chi connectivity index (χ4n) is 1.71. The predicted octanol–water partition coefficient (Wildman–Crippen LogP) is 1.04. The van der Waals surface area contributed by atoms with Crippen LogP contribution in [0.25, 0.3) is 5.53 Å². The van der Waals surface area contributed by atoms with Crippen molar-refractivity contribution in [2.24, 2.45) is 0 Å². The lowest BCUT2D eigenvalue weighted by atomic mass is 10.1. The number of ether oxygens (including phenoxy) is 2. The average Bonchev–Trinajstić information content (AvgIpc) is 2.48. The van der Waals surface area contributed by atoms with Crippen molar-refractivity contribution >= 4 is 23.9 Å². The van der Waals surface area contributed by atoms with E-state index in [1.54, 1.807) is 0 Å². The molecule has 0 unspecified atom stereocenters. The third-order valence-electron chi connectivity index (χ3n) is 3.04. The van der Waals surface area contributed by atoms with Gasteiger partial charge in [0.05, 0.1) is 6.42 Å². The van der Waals surface area contributed by atoms with E-state index in [1.807, 2.05) is 0 Å². The van der Waals surface area contributed by atoms with E-state index in [4.69, 9.17) is 10.3 Å². The standard InChI is InChI=1S/C14H20F3N3O5/c1-8(6-14(15,16)17)25-13(23)11(5-4-10(21)7-19-18)20-12(22)9(2)24-3/h7-9,11H,4-6H2,1-3H3,(H,20,22)/t8-,9-,11+/m1/s1. The third-order valence-corrected chi connectivity index (χ3v) is 3.04. The smallest absolute Gasteiger partial charge is 0.392 e. The predicted molar refractivity (Wildman–Crippen MR) is 78.6 cm³/mol. The van der Waals surface area contributed by atoms with Gasteiger partial charge in [-0.2, -0.15) is 18.0 Å². The highest BCUT2D eigenvalue weighted by molar-refractivity contribution is 6.25. The summed E-state index contributed by atoms with van der Waals surface area (Å²) in [7, 11) is 1.25.